The van der Waals surface area contributed by atoms with Gasteiger partial charge in [0.2, 0.25) is 5.91 Å². The topological polar surface area (TPSA) is 37.4 Å². The molecule has 2 atom stereocenters. The summed E-state index contributed by atoms with van der Waals surface area (Å²) in [5.41, 5.74) is 0. The fourth-order valence-electron chi connectivity index (χ4n) is 1.43. The van der Waals surface area contributed by atoms with E-state index in [-0.39, 0.29) is 17.9 Å². The Morgan fingerprint density at radius 3 is 3.00 bits per heavy atom. The molecule has 0 radical (unpaired) electrons. The summed E-state index contributed by atoms with van der Waals surface area (Å²) >= 11 is 0. The molecule has 2 heterocycles. The van der Waals surface area contributed by atoms with Crippen LogP contribution in [0, 0.1) is 5.92 Å². The number of amides is 1. The van der Waals surface area contributed by atoms with Crippen LogP contribution in [-0.4, -0.2) is 23.1 Å². The van der Waals surface area contributed by atoms with E-state index in [0.29, 0.717) is 6.42 Å². The summed E-state index contributed by atoms with van der Waals surface area (Å²) in [6.45, 7) is 0. The average molecular weight is 137 g/mol. The molecule has 3 heteroatoms. The van der Waals surface area contributed by atoms with Crippen LogP contribution in [0.25, 0.3) is 0 Å². The van der Waals surface area contributed by atoms with Crippen LogP contribution in [-0.2, 0) is 9.59 Å². The largest absolute Gasteiger partial charge is 0.315 e. The van der Waals surface area contributed by atoms with Crippen LogP contribution in [0.1, 0.15) is 6.42 Å². The first-order chi connectivity index (χ1) is 4.83. The Morgan fingerprint density at radius 1 is 1.70 bits per heavy atom. The molecule has 1 saturated heterocycles. The highest BCUT2D eigenvalue weighted by molar-refractivity contribution is 5.87. The summed E-state index contributed by atoms with van der Waals surface area (Å²) < 4.78 is 0. The van der Waals surface area contributed by atoms with Gasteiger partial charge in [0.05, 0.1) is 12.0 Å². The van der Waals surface area contributed by atoms with E-state index in [1.54, 1.807) is 17.2 Å². The van der Waals surface area contributed by atoms with Crippen molar-refractivity contribution in [3.8, 4) is 0 Å². The zero-order chi connectivity index (χ0) is 7.14. The van der Waals surface area contributed by atoms with E-state index in [0.717, 1.165) is 6.29 Å². The van der Waals surface area contributed by atoms with Gasteiger partial charge in [-0.1, -0.05) is 6.08 Å². The Labute approximate surface area is 58.3 Å². The minimum absolute atomic E-state index is 0.0438. The molecule has 0 saturated carbocycles. The lowest BCUT2D eigenvalue weighted by Gasteiger charge is -2.35. The molecule has 52 valence electrons. The minimum Gasteiger partial charge on any atom is -0.315 e. The van der Waals surface area contributed by atoms with E-state index in [9.17, 15) is 9.59 Å². The third-order valence-electron chi connectivity index (χ3n) is 2.10. The maximum absolute atomic E-state index is 10.7. The molecule has 1 fully saturated rings. The Hall–Kier alpha value is -1.12. The molecule has 10 heavy (non-hydrogen) atoms. The number of rotatable bonds is 1. The molecule has 3 nitrogen and oxygen atoms in total. The molecule has 0 aromatic carbocycles. The van der Waals surface area contributed by atoms with Crippen LogP contribution in [0.4, 0.5) is 0 Å². The summed E-state index contributed by atoms with van der Waals surface area (Å²) in [6, 6.07) is 0.157. The quantitative estimate of drug-likeness (QED) is 0.374. The number of carbonyl (C=O) groups excluding carboxylic acids is 2. The summed E-state index contributed by atoms with van der Waals surface area (Å²) in [5, 5.41) is 0. The molecule has 2 aliphatic rings. The van der Waals surface area contributed by atoms with Crippen molar-refractivity contribution in [1.29, 1.82) is 0 Å². The van der Waals surface area contributed by atoms with Gasteiger partial charge >= 0.3 is 0 Å². The van der Waals surface area contributed by atoms with E-state index >= 15 is 0 Å². The monoisotopic (exact) mass is 137 g/mol. The third-order valence-corrected chi connectivity index (χ3v) is 2.10. The van der Waals surface area contributed by atoms with E-state index < -0.39 is 0 Å². The Bertz CT molecular complexity index is 214. The van der Waals surface area contributed by atoms with E-state index in [1.165, 1.54) is 0 Å². The molecule has 0 aromatic rings. The predicted molar refractivity (Wildman–Crippen MR) is 33.9 cm³/mol. The van der Waals surface area contributed by atoms with Crippen LogP contribution in [0.2, 0.25) is 0 Å². The van der Waals surface area contributed by atoms with Gasteiger partial charge in [-0.25, -0.2) is 0 Å². The molecule has 1 amide bonds. The van der Waals surface area contributed by atoms with Crippen LogP contribution < -0.4 is 0 Å². The van der Waals surface area contributed by atoms with Gasteiger partial charge in [0.15, 0.2) is 0 Å². The van der Waals surface area contributed by atoms with Crippen LogP contribution in [0.5, 0.6) is 0 Å². The van der Waals surface area contributed by atoms with Gasteiger partial charge in [-0.3, -0.25) is 4.79 Å². The zero-order valence-corrected chi connectivity index (χ0v) is 5.36. The first kappa shape index (κ1) is 5.65. The summed E-state index contributed by atoms with van der Waals surface area (Å²) in [7, 11) is 0. The van der Waals surface area contributed by atoms with Crippen molar-refractivity contribution in [3.05, 3.63) is 12.3 Å². The number of aldehydes is 1. The van der Waals surface area contributed by atoms with Crippen LogP contribution in [0.3, 0.4) is 0 Å². The van der Waals surface area contributed by atoms with E-state index in [4.69, 9.17) is 0 Å². The first-order valence-corrected chi connectivity index (χ1v) is 3.27. The highest BCUT2D eigenvalue weighted by Crippen LogP contribution is 2.31. The fourth-order valence-corrected chi connectivity index (χ4v) is 1.43. The second-order valence-electron chi connectivity index (χ2n) is 2.63. The highest BCUT2D eigenvalue weighted by Gasteiger charge is 2.42. The van der Waals surface area contributed by atoms with Crippen LogP contribution in [0.15, 0.2) is 12.3 Å². The number of carbonyl (C=O) groups is 2. The number of fused-ring (bicyclic) bond motifs is 1. The smallest absolute Gasteiger partial charge is 0.228 e. The lowest BCUT2D eigenvalue weighted by molar-refractivity contribution is -0.142. The molecule has 0 aliphatic carbocycles. The van der Waals surface area contributed by atoms with Gasteiger partial charge in [0.25, 0.3) is 0 Å². The van der Waals surface area contributed by atoms with Crippen molar-refractivity contribution in [2.75, 3.05) is 0 Å². The van der Waals surface area contributed by atoms with Crippen LogP contribution >= 0.6 is 0 Å². The Morgan fingerprint density at radius 2 is 2.50 bits per heavy atom. The molecule has 0 N–H and O–H groups in total. The molecule has 2 aliphatic heterocycles. The molecular weight excluding hydrogens is 130 g/mol. The van der Waals surface area contributed by atoms with Gasteiger partial charge in [0, 0.05) is 12.6 Å². The van der Waals surface area contributed by atoms with Gasteiger partial charge in [-0.15, -0.1) is 0 Å². The Kier molecular flexibility index (Phi) is 0.952. The van der Waals surface area contributed by atoms with E-state index in [2.05, 4.69) is 0 Å². The average Bonchev–Trinajstić information content (AvgIpc) is 2.25. The number of hydrogen-bond acceptors (Lipinski definition) is 2. The second-order valence-corrected chi connectivity index (χ2v) is 2.63. The summed E-state index contributed by atoms with van der Waals surface area (Å²) in [4.78, 5) is 22.7. The molecule has 2 rings (SSSR count). The fraction of sp³-hybridized carbons (Fsp3) is 0.429. The van der Waals surface area contributed by atoms with Gasteiger partial charge < -0.3 is 9.69 Å². The van der Waals surface area contributed by atoms with Gasteiger partial charge in [-0.2, -0.15) is 0 Å². The first-order valence-electron chi connectivity index (χ1n) is 3.27. The second kappa shape index (κ2) is 1.68. The minimum atomic E-state index is -0.0438. The standard InChI is InChI=1S/C7H7NO2/c9-4-5-1-2-8-6(5)3-7(8)10/h1-2,4-6H,3H2/t5?,6-/m0/s1. The van der Waals surface area contributed by atoms with Gasteiger partial charge in [0.1, 0.15) is 6.29 Å². The summed E-state index contributed by atoms with van der Waals surface area (Å²) in [6.07, 6.45) is 4.92. The van der Waals surface area contributed by atoms with Crippen molar-refractivity contribution >= 4 is 12.2 Å². The lowest BCUT2D eigenvalue weighted by atomic mass is 9.94. The molecule has 1 unspecified atom stereocenters. The number of β-lactam (4-membered cyclic amide) rings is 1. The SMILES string of the molecule is O=CC1C=CN2C(=O)C[C@@H]12. The van der Waals surface area contributed by atoms with Crippen molar-refractivity contribution in [2.45, 2.75) is 12.5 Å². The van der Waals surface area contributed by atoms with Crippen molar-refractivity contribution in [3.63, 3.8) is 0 Å². The maximum Gasteiger partial charge on any atom is 0.228 e. The predicted octanol–water partition coefficient (Wildman–Crippen LogP) is -0.0703. The molecular formula is C7H7NO2. The van der Waals surface area contributed by atoms with Gasteiger partial charge in [-0.05, 0) is 0 Å². The highest BCUT2D eigenvalue weighted by atomic mass is 16.2. The maximum atomic E-state index is 10.7. The van der Waals surface area contributed by atoms with Crippen molar-refractivity contribution in [1.82, 2.24) is 4.90 Å². The molecule has 0 aromatic heterocycles. The normalized spacial score (nSPS) is 35.6. The van der Waals surface area contributed by atoms with E-state index in [1.807, 2.05) is 0 Å². The van der Waals surface area contributed by atoms with Crippen molar-refractivity contribution in [2.24, 2.45) is 5.92 Å². The Balaban J connectivity index is 2.17. The molecule has 0 bridgehead atoms. The number of nitrogens with zero attached hydrogens (tertiary/aromatic N) is 1. The lowest BCUT2D eigenvalue weighted by Crippen LogP contribution is -2.49. The third kappa shape index (κ3) is 0.497. The molecule has 0 spiro atoms. The van der Waals surface area contributed by atoms with Crippen molar-refractivity contribution < 1.29 is 9.59 Å². The zero-order valence-electron chi connectivity index (χ0n) is 5.36. The number of hydrogen-bond donors (Lipinski definition) is 0. The summed E-state index contributed by atoms with van der Waals surface area (Å²) in [5.74, 6) is 0.0864.